The molecule has 0 amide bonds. The van der Waals surface area contributed by atoms with Crippen LogP contribution in [0.1, 0.15) is 36.8 Å². The van der Waals surface area contributed by atoms with Gasteiger partial charge in [-0.25, -0.2) is 0 Å². The van der Waals surface area contributed by atoms with Crippen LogP contribution in [0.4, 0.5) is 5.82 Å². The monoisotopic (exact) mass is 285 g/mol. The van der Waals surface area contributed by atoms with Crippen LogP contribution in [0.3, 0.4) is 0 Å². The average molecular weight is 285 g/mol. The lowest BCUT2D eigenvalue weighted by atomic mass is 10.0. The molecule has 1 aliphatic carbocycles. The summed E-state index contributed by atoms with van der Waals surface area (Å²) in [6, 6.07) is 6.12. The molecular weight excluding hydrogens is 262 g/mol. The fourth-order valence-electron chi connectivity index (χ4n) is 2.93. The first-order chi connectivity index (χ1) is 10.1. The highest BCUT2D eigenvalue weighted by Crippen LogP contribution is 2.37. The Hall–Kier alpha value is -1.97. The summed E-state index contributed by atoms with van der Waals surface area (Å²) < 4.78 is 8.03. The summed E-state index contributed by atoms with van der Waals surface area (Å²) in [5, 5.41) is 4.50. The molecule has 2 aromatic rings. The highest BCUT2D eigenvalue weighted by Gasteiger charge is 2.21. The Morgan fingerprint density at radius 3 is 2.57 bits per heavy atom. The van der Waals surface area contributed by atoms with Gasteiger partial charge in [0.2, 0.25) is 0 Å². The van der Waals surface area contributed by atoms with E-state index in [4.69, 9.17) is 10.5 Å². The van der Waals surface area contributed by atoms with Crippen LogP contribution >= 0.6 is 0 Å². The van der Waals surface area contributed by atoms with Crippen LogP contribution in [0.15, 0.2) is 18.2 Å². The zero-order chi connectivity index (χ0) is 15.0. The summed E-state index contributed by atoms with van der Waals surface area (Å²) in [6.45, 7) is 4.24. The minimum Gasteiger partial charge on any atom is -0.489 e. The zero-order valence-corrected chi connectivity index (χ0v) is 13.0. The molecule has 112 valence electrons. The van der Waals surface area contributed by atoms with Gasteiger partial charge in [0.15, 0.2) is 0 Å². The van der Waals surface area contributed by atoms with E-state index in [1.165, 1.54) is 24.0 Å². The minimum absolute atomic E-state index is 0.338. The van der Waals surface area contributed by atoms with Gasteiger partial charge in [0.1, 0.15) is 11.6 Å². The lowest BCUT2D eigenvalue weighted by molar-refractivity contribution is 0.209. The SMILES string of the molecule is Cc1ccc(-c2cc(N)n(C)n2)c(OC2CCCC2)c1C. The number of nitrogen functional groups attached to an aromatic ring is 1. The predicted molar refractivity (Wildman–Crippen MR) is 85.4 cm³/mol. The molecule has 4 heteroatoms. The van der Waals surface area contributed by atoms with Gasteiger partial charge < -0.3 is 10.5 Å². The Balaban J connectivity index is 2.04. The van der Waals surface area contributed by atoms with Gasteiger partial charge in [-0.1, -0.05) is 6.07 Å². The molecule has 0 aliphatic heterocycles. The van der Waals surface area contributed by atoms with E-state index >= 15 is 0 Å². The third-order valence-electron chi connectivity index (χ3n) is 4.46. The molecule has 4 nitrogen and oxygen atoms in total. The number of hydrogen-bond donors (Lipinski definition) is 1. The first-order valence-corrected chi connectivity index (χ1v) is 7.63. The van der Waals surface area contributed by atoms with Crippen LogP contribution in [-0.4, -0.2) is 15.9 Å². The van der Waals surface area contributed by atoms with E-state index in [1.807, 2.05) is 13.1 Å². The van der Waals surface area contributed by atoms with Gasteiger partial charge in [0, 0.05) is 18.7 Å². The van der Waals surface area contributed by atoms with E-state index in [9.17, 15) is 0 Å². The van der Waals surface area contributed by atoms with E-state index in [-0.39, 0.29) is 0 Å². The van der Waals surface area contributed by atoms with Gasteiger partial charge in [-0.2, -0.15) is 5.10 Å². The van der Waals surface area contributed by atoms with Gasteiger partial charge >= 0.3 is 0 Å². The number of aryl methyl sites for hydroxylation is 2. The lowest BCUT2D eigenvalue weighted by Gasteiger charge is -2.19. The number of anilines is 1. The maximum atomic E-state index is 6.33. The molecule has 0 radical (unpaired) electrons. The Kier molecular flexibility index (Phi) is 3.62. The molecule has 1 aromatic heterocycles. The van der Waals surface area contributed by atoms with Crippen molar-refractivity contribution in [1.29, 1.82) is 0 Å². The highest BCUT2D eigenvalue weighted by molar-refractivity contribution is 5.72. The van der Waals surface area contributed by atoms with Crippen molar-refractivity contribution < 1.29 is 4.74 Å². The molecule has 21 heavy (non-hydrogen) atoms. The maximum absolute atomic E-state index is 6.33. The van der Waals surface area contributed by atoms with Crippen molar-refractivity contribution in [2.24, 2.45) is 7.05 Å². The number of nitrogens with zero attached hydrogens (tertiary/aromatic N) is 2. The van der Waals surface area contributed by atoms with Crippen molar-refractivity contribution in [2.45, 2.75) is 45.6 Å². The molecule has 3 rings (SSSR count). The molecule has 1 saturated carbocycles. The molecule has 2 N–H and O–H groups in total. The van der Waals surface area contributed by atoms with E-state index in [2.05, 4.69) is 31.1 Å². The second-order valence-corrected chi connectivity index (χ2v) is 5.99. The topological polar surface area (TPSA) is 53.1 Å². The minimum atomic E-state index is 0.338. The molecule has 0 atom stereocenters. The molecule has 0 spiro atoms. The van der Waals surface area contributed by atoms with E-state index in [0.717, 1.165) is 29.8 Å². The first kappa shape index (κ1) is 14.0. The van der Waals surface area contributed by atoms with Gasteiger partial charge in [-0.3, -0.25) is 4.68 Å². The molecule has 1 fully saturated rings. The molecule has 0 bridgehead atoms. The molecule has 0 saturated heterocycles. The van der Waals surface area contributed by atoms with Crippen molar-refractivity contribution in [2.75, 3.05) is 5.73 Å². The Labute approximate surface area is 125 Å². The molecule has 1 heterocycles. The van der Waals surface area contributed by atoms with Crippen LogP contribution < -0.4 is 10.5 Å². The summed E-state index contributed by atoms with van der Waals surface area (Å²) in [6.07, 6.45) is 5.17. The number of aromatic nitrogens is 2. The van der Waals surface area contributed by atoms with Crippen molar-refractivity contribution in [3.8, 4) is 17.0 Å². The largest absolute Gasteiger partial charge is 0.489 e. The third-order valence-corrected chi connectivity index (χ3v) is 4.46. The molecular formula is C17H23N3O. The van der Waals surface area contributed by atoms with Crippen LogP contribution in [0.5, 0.6) is 5.75 Å². The number of rotatable bonds is 3. The van der Waals surface area contributed by atoms with Crippen LogP contribution in [0, 0.1) is 13.8 Å². The predicted octanol–water partition coefficient (Wildman–Crippen LogP) is 3.61. The number of benzene rings is 1. The van der Waals surface area contributed by atoms with Crippen molar-refractivity contribution in [3.63, 3.8) is 0 Å². The van der Waals surface area contributed by atoms with Gasteiger partial charge in [0.25, 0.3) is 0 Å². The first-order valence-electron chi connectivity index (χ1n) is 7.63. The average Bonchev–Trinajstić information content (AvgIpc) is 3.06. The van der Waals surface area contributed by atoms with E-state index in [1.54, 1.807) is 4.68 Å². The Morgan fingerprint density at radius 1 is 1.24 bits per heavy atom. The highest BCUT2D eigenvalue weighted by atomic mass is 16.5. The van der Waals surface area contributed by atoms with Crippen LogP contribution in [0.2, 0.25) is 0 Å². The third kappa shape index (κ3) is 2.62. The second kappa shape index (κ2) is 5.43. The van der Waals surface area contributed by atoms with Gasteiger partial charge in [-0.15, -0.1) is 0 Å². The second-order valence-electron chi connectivity index (χ2n) is 5.99. The van der Waals surface area contributed by atoms with Gasteiger partial charge in [-0.05, 0) is 56.7 Å². The summed E-state index contributed by atoms with van der Waals surface area (Å²) in [5.74, 6) is 1.63. The van der Waals surface area contributed by atoms with Crippen molar-refractivity contribution in [1.82, 2.24) is 9.78 Å². The Morgan fingerprint density at radius 2 is 1.95 bits per heavy atom. The maximum Gasteiger partial charge on any atom is 0.132 e. The van der Waals surface area contributed by atoms with Crippen LogP contribution in [0.25, 0.3) is 11.3 Å². The smallest absolute Gasteiger partial charge is 0.132 e. The van der Waals surface area contributed by atoms with Crippen molar-refractivity contribution >= 4 is 5.82 Å². The summed E-state index contributed by atoms with van der Waals surface area (Å²) >= 11 is 0. The fourth-order valence-corrected chi connectivity index (χ4v) is 2.93. The van der Waals surface area contributed by atoms with E-state index < -0.39 is 0 Å². The molecule has 0 unspecified atom stereocenters. The van der Waals surface area contributed by atoms with Crippen LogP contribution in [-0.2, 0) is 7.05 Å². The quantitative estimate of drug-likeness (QED) is 0.937. The molecule has 1 aromatic carbocycles. The molecule has 1 aliphatic rings. The normalized spacial score (nSPS) is 15.6. The van der Waals surface area contributed by atoms with E-state index in [0.29, 0.717) is 11.9 Å². The zero-order valence-electron chi connectivity index (χ0n) is 13.0. The summed E-state index contributed by atoms with van der Waals surface area (Å²) in [5.41, 5.74) is 10.3. The standard InChI is InChI=1S/C17H23N3O/c1-11-8-9-14(15-10-16(18)20(3)19-15)17(12(11)2)21-13-6-4-5-7-13/h8-10,13H,4-7,18H2,1-3H3. The van der Waals surface area contributed by atoms with Crippen molar-refractivity contribution in [3.05, 3.63) is 29.3 Å². The van der Waals surface area contributed by atoms with Gasteiger partial charge in [0.05, 0.1) is 11.8 Å². The Bertz CT molecular complexity index is 635. The lowest BCUT2D eigenvalue weighted by Crippen LogP contribution is -2.13. The number of hydrogen-bond acceptors (Lipinski definition) is 3. The fraction of sp³-hybridized carbons (Fsp3) is 0.471. The summed E-state index contributed by atoms with van der Waals surface area (Å²) in [4.78, 5) is 0. The number of nitrogens with two attached hydrogens (primary N) is 1. The summed E-state index contributed by atoms with van der Waals surface area (Å²) in [7, 11) is 1.86. The number of ether oxygens (including phenoxy) is 1.